The van der Waals surface area contributed by atoms with Crippen molar-refractivity contribution >= 4 is 15.4 Å². The molecule has 0 bridgehead atoms. The zero-order valence-electron chi connectivity index (χ0n) is 9.91. The van der Waals surface area contributed by atoms with Crippen molar-refractivity contribution in [2.45, 2.75) is 24.6 Å². The largest absolute Gasteiger partial charge is 0.326 e. The van der Waals surface area contributed by atoms with E-state index in [-0.39, 0.29) is 5.75 Å². The maximum atomic E-state index is 12.0. The highest BCUT2D eigenvalue weighted by Gasteiger charge is 2.35. The van der Waals surface area contributed by atoms with Crippen molar-refractivity contribution in [3.63, 3.8) is 0 Å². The molecule has 2 aromatic rings. The number of hydrogen-bond donors (Lipinski definition) is 1. The van der Waals surface area contributed by atoms with Gasteiger partial charge < -0.3 is 10.1 Å². The zero-order valence-corrected chi connectivity index (χ0v) is 10.7. The van der Waals surface area contributed by atoms with Crippen LogP contribution in [0.25, 0.3) is 5.52 Å². The molecular formula is C12H15N3O2S. The van der Waals surface area contributed by atoms with Crippen LogP contribution in [0.1, 0.15) is 29.5 Å². The molecule has 2 aromatic heterocycles. The minimum absolute atomic E-state index is 0.267. The molecule has 6 heteroatoms. The van der Waals surface area contributed by atoms with Crippen LogP contribution in [0.4, 0.5) is 0 Å². The van der Waals surface area contributed by atoms with Crippen LogP contribution < -0.4 is 5.73 Å². The van der Waals surface area contributed by atoms with Gasteiger partial charge in [-0.2, -0.15) is 0 Å². The first-order chi connectivity index (χ1) is 8.63. The number of rotatable bonds is 2. The topological polar surface area (TPSA) is 77.5 Å². The highest BCUT2D eigenvalue weighted by atomic mass is 32.2. The molecule has 5 nitrogen and oxygen atoms in total. The standard InChI is InChI=1S/C12H15N3O2S/c13-7-9-3-1-5-15-10(9)8-14-12(15)11-4-2-6-18(11,16)17/h1,3,5,8,11H,2,4,6-7,13H2. The summed E-state index contributed by atoms with van der Waals surface area (Å²) in [7, 11) is -3.04. The summed E-state index contributed by atoms with van der Waals surface area (Å²) < 4.78 is 25.8. The molecule has 0 saturated carbocycles. The van der Waals surface area contributed by atoms with E-state index in [0.29, 0.717) is 18.8 Å². The van der Waals surface area contributed by atoms with Gasteiger partial charge in [-0.15, -0.1) is 0 Å². The van der Waals surface area contributed by atoms with Crippen LogP contribution in [0.5, 0.6) is 0 Å². The summed E-state index contributed by atoms with van der Waals surface area (Å²) >= 11 is 0. The van der Waals surface area contributed by atoms with Crippen molar-refractivity contribution in [3.05, 3.63) is 35.9 Å². The number of hydrogen-bond acceptors (Lipinski definition) is 4. The first-order valence-electron chi connectivity index (χ1n) is 6.00. The molecule has 1 aliphatic rings. The van der Waals surface area contributed by atoms with Gasteiger partial charge >= 0.3 is 0 Å². The van der Waals surface area contributed by atoms with Crippen molar-refractivity contribution in [1.29, 1.82) is 0 Å². The molecule has 2 N–H and O–H groups in total. The summed E-state index contributed by atoms with van der Waals surface area (Å²) in [6, 6.07) is 3.81. The molecule has 96 valence electrons. The number of imidazole rings is 1. The molecule has 18 heavy (non-hydrogen) atoms. The summed E-state index contributed by atoms with van der Waals surface area (Å²) in [5.41, 5.74) is 7.55. The summed E-state index contributed by atoms with van der Waals surface area (Å²) in [6.07, 6.45) is 4.95. The van der Waals surface area contributed by atoms with Gasteiger partial charge in [0.1, 0.15) is 11.1 Å². The van der Waals surface area contributed by atoms with Gasteiger partial charge in [0.25, 0.3) is 0 Å². The van der Waals surface area contributed by atoms with Gasteiger partial charge in [-0.1, -0.05) is 6.07 Å². The van der Waals surface area contributed by atoms with Crippen molar-refractivity contribution < 1.29 is 8.42 Å². The fraction of sp³-hybridized carbons (Fsp3) is 0.417. The van der Waals surface area contributed by atoms with E-state index < -0.39 is 15.1 Å². The average molecular weight is 265 g/mol. The van der Waals surface area contributed by atoms with E-state index in [4.69, 9.17) is 5.73 Å². The Labute approximate surface area is 106 Å². The van der Waals surface area contributed by atoms with E-state index in [1.54, 1.807) is 6.20 Å². The quantitative estimate of drug-likeness (QED) is 0.880. The van der Waals surface area contributed by atoms with Crippen LogP contribution in [-0.2, 0) is 16.4 Å². The van der Waals surface area contributed by atoms with E-state index in [1.165, 1.54) is 0 Å². The number of nitrogens with two attached hydrogens (primary N) is 1. The van der Waals surface area contributed by atoms with Gasteiger partial charge in [-0.3, -0.25) is 0 Å². The summed E-state index contributed by atoms with van der Waals surface area (Å²) in [6.45, 7) is 0.424. The molecule has 3 heterocycles. The SMILES string of the molecule is NCc1cccn2c(C3CCCS3(=O)=O)ncc12. The van der Waals surface area contributed by atoms with Crippen molar-refractivity contribution in [1.82, 2.24) is 9.38 Å². The third-order valence-corrected chi connectivity index (χ3v) is 5.69. The average Bonchev–Trinajstić information content (AvgIpc) is 2.91. The summed E-state index contributed by atoms with van der Waals surface area (Å²) in [5.74, 6) is 0.890. The lowest BCUT2D eigenvalue weighted by atomic mass is 10.2. The Morgan fingerprint density at radius 1 is 1.50 bits per heavy atom. The highest BCUT2D eigenvalue weighted by Crippen LogP contribution is 2.34. The van der Waals surface area contributed by atoms with Crippen LogP contribution in [0.3, 0.4) is 0 Å². The Morgan fingerprint density at radius 3 is 3.00 bits per heavy atom. The zero-order chi connectivity index (χ0) is 12.8. The van der Waals surface area contributed by atoms with E-state index in [2.05, 4.69) is 4.98 Å². The van der Waals surface area contributed by atoms with Gasteiger partial charge in [0.15, 0.2) is 9.84 Å². The summed E-state index contributed by atoms with van der Waals surface area (Å²) in [4.78, 5) is 4.31. The second-order valence-corrected chi connectivity index (χ2v) is 6.91. The molecule has 1 atom stereocenters. The molecule has 0 aromatic carbocycles. The van der Waals surface area contributed by atoms with Crippen molar-refractivity contribution in [2.75, 3.05) is 5.75 Å². The molecule has 0 radical (unpaired) electrons. The van der Waals surface area contributed by atoms with Gasteiger partial charge in [0.05, 0.1) is 17.5 Å². The van der Waals surface area contributed by atoms with Crippen LogP contribution in [0.2, 0.25) is 0 Å². The minimum Gasteiger partial charge on any atom is -0.326 e. The monoisotopic (exact) mass is 265 g/mol. The molecule has 0 spiro atoms. The maximum Gasteiger partial charge on any atom is 0.160 e. The maximum absolute atomic E-state index is 12.0. The van der Waals surface area contributed by atoms with Gasteiger partial charge in [0.2, 0.25) is 0 Å². The number of sulfone groups is 1. The fourth-order valence-corrected chi connectivity index (χ4v) is 4.47. The van der Waals surface area contributed by atoms with Gasteiger partial charge in [0, 0.05) is 12.7 Å². The molecule has 1 aliphatic heterocycles. The number of nitrogens with zero attached hydrogens (tertiary/aromatic N) is 2. The predicted molar refractivity (Wildman–Crippen MR) is 68.8 cm³/mol. The Kier molecular flexibility index (Phi) is 2.64. The number of fused-ring (bicyclic) bond motifs is 1. The van der Waals surface area contributed by atoms with E-state index in [1.807, 2.05) is 22.7 Å². The predicted octanol–water partition coefficient (Wildman–Crippen LogP) is 1.04. The Bertz CT molecular complexity index is 690. The molecular weight excluding hydrogens is 250 g/mol. The second-order valence-electron chi connectivity index (χ2n) is 4.61. The molecule has 0 aliphatic carbocycles. The second kappa shape index (κ2) is 4.07. The number of pyridine rings is 1. The smallest absolute Gasteiger partial charge is 0.160 e. The van der Waals surface area contributed by atoms with Crippen LogP contribution in [-0.4, -0.2) is 23.6 Å². The van der Waals surface area contributed by atoms with E-state index in [9.17, 15) is 8.42 Å². The first-order valence-corrected chi connectivity index (χ1v) is 7.71. The van der Waals surface area contributed by atoms with Crippen molar-refractivity contribution in [3.8, 4) is 0 Å². The molecule has 1 fully saturated rings. The van der Waals surface area contributed by atoms with Crippen molar-refractivity contribution in [2.24, 2.45) is 5.73 Å². The third kappa shape index (κ3) is 1.64. The van der Waals surface area contributed by atoms with Crippen LogP contribution in [0.15, 0.2) is 24.5 Å². The number of aromatic nitrogens is 2. The molecule has 0 amide bonds. The summed E-state index contributed by atoms with van der Waals surface area (Å²) in [5, 5.41) is -0.465. The minimum atomic E-state index is -3.04. The first kappa shape index (κ1) is 11.7. The Hall–Kier alpha value is -1.40. The fourth-order valence-electron chi connectivity index (χ4n) is 2.59. The normalized spacial score (nSPS) is 22.6. The van der Waals surface area contributed by atoms with Gasteiger partial charge in [-0.05, 0) is 24.5 Å². The van der Waals surface area contributed by atoms with Crippen LogP contribution in [0, 0.1) is 0 Å². The van der Waals surface area contributed by atoms with E-state index in [0.717, 1.165) is 17.5 Å². The lowest BCUT2D eigenvalue weighted by Crippen LogP contribution is -2.11. The Morgan fingerprint density at radius 2 is 2.33 bits per heavy atom. The molecule has 3 rings (SSSR count). The lowest BCUT2D eigenvalue weighted by Gasteiger charge is -2.09. The van der Waals surface area contributed by atoms with Crippen LogP contribution >= 0.6 is 0 Å². The van der Waals surface area contributed by atoms with Gasteiger partial charge in [-0.25, -0.2) is 13.4 Å². The van der Waals surface area contributed by atoms with E-state index >= 15 is 0 Å². The Balaban J connectivity index is 2.20. The molecule has 1 saturated heterocycles. The molecule has 1 unspecified atom stereocenters. The highest BCUT2D eigenvalue weighted by molar-refractivity contribution is 7.91. The third-order valence-electron chi connectivity index (χ3n) is 3.52. The lowest BCUT2D eigenvalue weighted by molar-refractivity contribution is 0.588.